The van der Waals surface area contributed by atoms with E-state index in [0.29, 0.717) is 16.6 Å². The Hall–Kier alpha value is -2.38. The Morgan fingerprint density at radius 1 is 1.15 bits per heavy atom. The average molecular weight is 447 g/mol. The quantitative estimate of drug-likeness (QED) is 0.544. The summed E-state index contributed by atoms with van der Waals surface area (Å²) in [5, 5.41) is 3.39. The van der Waals surface area contributed by atoms with Gasteiger partial charge in [-0.1, -0.05) is 47.1 Å². The minimum atomic E-state index is -0.264. The van der Waals surface area contributed by atoms with Crippen LogP contribution in [0.4, 0.5) is 5.13 Å². The second kappa shape index (κ2) is 9.01. The van der Waals surface area contributed by atoms with Crippen molar-refractivity contribution in [1.82, 2.24) is 4.98 Å². The number of para-hydroxylation sites is 2. The summed E-state index contributed by atoms with van der Waals surface area (Å²) in [5.41, 5.74) is 1.92. The number of ether oxygens (including phenoxy) is 2. The molecule has 1 N–H and O–H groups in total. The Labute approximate surface area is 170 Å². The zero-order valence-corrected chi connectivity index (χ0v) is 17.4. The number of nitrogens with zero attached hydrogens (tertiary/aromatic N) is 1. The maximum Gasteiger partial charge on any atom is 0.264 e. The minimum Gasteiger partial charge on any atom is -0.493 e. The van der Waals surface area contributed by atoms with Gasteiger partial charge in [0.2, 0.25) is 0 Å². The third kappa shape index (κ3) is 4.87. The van der Waals surface area contributed by atoms with Gasteiger partial charge in [-0.05, 0) is 30.7 Å². The molecular formula is C20H19BrN2O3S. The van der Waals surface area contributed by atoms with Crippen molar-refractivity contribution in [3.8, 4) is 22.8 Å². The molecule has 3 rings (SSSR count). The van der Waals surface area contributed by atoms with Crippen molar-refractivity contribution in [2.24, 2.45) is 0 Å². The highest BCUT2D eigenvalue weighted by Gasteiger charge is 2.14. The van der Waals surface area contributed by atoms with Gasteiger partial charge in [-0.15, -0.1) is 11.3 Å². The molecule has 1 aromatic heterocycles. The number of benzene rings is 2. The molecule has 1 heterocycles. The number of rotatable bonds is 7. The zero-order chi connectivity index (χ0) is 19.2. The van der Waals surface area contributed by atoms with E-state index in [9.17, 15) is 4.79 Å². The lowest BCUT2D eigenvalue weighted by molar-refractivity contribution is -0.118. The Balaban J connectivity index is 1.68. The summed E-state index contributed by atoms with van der Waals surface area (Å²) in [4.78, 5) is 18.0. The normalized spacial score (nSPS) is 10.5. The number of carbonyl (C=O) groups is 1. The number of amides is 1. The molecule has 0 fully saturated rings. The van der Waals surface area contributed by atoms with Crippen LogP contribution in [0.2, 0.25) is 0 Å². The molecule has 1 amide bonds. The van der Waals surface area contributed by atoms with Gasteiger partial charge in [0.25, 0.3) is 5.91 Å². The molecule has 3 aromatic rings. The van der Waals surface area contributed by atoms with E-state index in [-0.39, 0.29) is 12.5 Å². The largest absolute Gasteiger partial charge is 0.493 e. The van der Waals surface area contributed by atoms with E-state index in [1.54, 1.807) is 19.2 Å². The topological polar surface area (TPSA) is 60.5 Å². The number of hydrogen-bond donors (Lipinski definition) is 1. The summed E-state index contributed by atoms with van der Waals surface area (Å²) in [5.74, 6) is 0.851. The molecule has 0 aliphatic rings. The van der Waals surface area contributed by atoms with E-state index < -0.39 is 0 Å². The summed E-state index contributed by atoms with van der Waals surface area (Å²) < 4.78 is 11.8. The SMILES string of the molecule is CCc1sc(NC(=O)COc2ccccc2OC)nc1-c1ccc(Br)cc1. The van der Waals surface area contributed by atoms with Crippen molar-refractivity contribution >= 4 is 38.3 Å². The third-order valence-electron chi connectivity index (χ3n) is 3.81. The number of hydrogen-bond acceptors (Lipinski definition) is 5. The van der Waals surface area contributed by atoms with Crippen LogP contribution in [0.1, 0.15) is 11.8 Å². The summed E-state index contributed by atoms with van der Waals surface area (Å²) in [7, 11) is 1.56. The lowest BCUT2D eigenvalue weighted by Gasteiger charge is -2.09. The molecule has 0 saturated carbocycles. The standard InChI is InChI=1S/C20H19BrN2O3S/c1-3-17-19(13-8-10-14(21)11-9-13)23-20(27-17)22-18(24)12-26-16-7-5-4-6-15(16)25-2/h4-11H,3,12H2,1-2H3,(H,22,23,24). The van der Waals surface area contributed by atoms with Crippen molar-refractivity contribution in [2.75, 3.05) is 19.0 Å². The van der Waals surface area contributed by atoms with Crippen LogP contribution >= 0.6 is 27.3 Å². The molecule has 0 spiro atoms. The van der Waals surface area contributed by atoms with Gasteiger partial charge in [-0.2, -0.15) is 0 Å². The highest BCUT2D eigenvalue weighted by Crippen LogP contribution is 2.32. The van der Waals surface area contributed by atoms with Crippen LogP contribution in [0.3, 0.4) is 0 Å². The number of nitrogens with one attached hydrogen (secondary N) is 1. The van der Waals surface area contributed by atoms with Gasteiger partial charge in [-0.25, -0.2) is 4.98 Å². The van der Waals surface area contributed by atoms with Crippen LogP contribution in [0.25, 0.3) is 11.3 Å². The van der Waals surface area contributed by atoms with Crippen molar-refractivity contribution < 1.29 is 14.3 Å². The predicted octanol–water partition coefficient (Wildman–Crippen LogP) is 5.16. The Morgan fingerprint density at radius 2 is 1.85 bits per heavy atom. The van der Waals surface area contributed by atoms with Crippen molar-refractivity contribution in [2.45, 2.75) is 13.3 Å². The van der Waals surface area contributed by atoms with E-state index in [1.165, 1.54) is 11.3 Å². The highest BCUT2D eigenvalue weighted by molar-refractivity contribution is 9.10. The van der Waals surface area contributed by atoms with Crippen LogP contribution in [-0.2, 0) is 11.2 Å². The minimum absolute atomic E-state index is 0.116. The molecule has 0 aliphatic heterocycles. The lowest BCUT2D eigenvalue weighted by Crippen LogP contribution is -2.20. The smallest absolute Gasteiger partial charge is 0.264 e. The second-order valence-electron chi connectivity index (χ2n) is 5.64. The first-order valence-electron chi connectivity index (χ1n) is 8.42. The summed E-state index contributed by atoms with van der Waals surface area (Å²) in [6, 6.07) is 15.2. The number of aryl methyl sites for hydroxylation is 1. The molecule has 140 valence electrons. The van der Waals surface area contributed by atoms with E-state index >= 15 is 0 Å². The third-order valence-corrected chi connectivity index (χ3v) is 5.45. The van der Waals surface area contributed by atoms with Gasteiger partial charge in [0.05, 0.1) is 12.8 Å². The van der Waals surface area contributed by atoms with Gasteiger partial charge >= 0.3 is 0 Å². The van der Waals surface area contributed by atoms with Gasteiger partial charge in [-0.3, -0.25) is 10.1 Å². The van der Waals surface area contributed by atoms with Gasteiger partial charge in [0, 0.05) is 14.9 Å². The molecule has 0 saturated heterocycles. The van der Waals surface area contributed by atoms with Crippen molar-refractivity contribution in [3.63, 3.8) is 0 Å². The summed E-state index contributed by atoms with van der Waals surface area (Å²) in [6.45, 7) is 1.96. The fourth-order valence-electron chi connectivity index (χ4n) is 2.51. The molecule has 0 atom stereocenters. The fourth-order valence-corrected chi connectivity index (χ4v) is 3.72. The molecular weight excluding hydrogens is 428 g/mol. The van der Waals surface area contributed by atoms with Crippen molar-refractivity contribution in [1.29, 1.82) is 0 Å². The summed E-state index contributed by atoms with van der Waals surface area (Å²) >= 11 is 4.92. The van der Waals surface area contributed by atoms with Gasteiger partial charge in [0.15, 0.2) is 23.2 Å². The van der Waals surface area contributed by atoms with E-state index in [4.69, 9.17) is 9.47 Å². The molecule has 0 bridgehead atoms. The molecule has 2 aromatic carbocycles. The van der Waals surface area contributed by atoms with Crippen LogP contribution in [-0.4, -0.2) is 24.6 Å². The van der Waals surface area contributed by atoms with Gasteiger partial charge < -0.3 is 9.47 Å². The zero-order valence-electron chi connectivity index (χ0n) is 15.0. The molecule has 0 aliphatic carbocycles. The first kappa shape index (κ1) is 19.4. The average Bonchev–Trinajstić information content (AvgIpc) is 3.09. The first-order chi connectivity index (χ1) is 13.1. The van der Waals surface area contributed by atoms with Gasteiger partial charge in [0.1, 0.15) is 0 Å². The van der Waals surface area contributed by atoms with E-state index in [2.05, 4.69) is 33.2 Å². The Bertz CT molecular complexity index is 925. The van der Waals surface area contributed by atoms with Crippen LogP contribution < -0.4 is 14.8 Å². The number of methoxy groups -OCH3 is 1. The van der Waals surface area contributed by atoms with Crippen molar-refractivity contribution in [3.05, 3.63) is 57.9 Å². The van der Waals surface area contributed by atoms with E-state index in [0.717, 1.165) is 27.0 Å². The Morgan fingerprint density at radius 3 is 2.52 bits per heavy atom. The number of aromatic nitrogens is 1. The number of halogens is 1. The van der Waals surface area contributed by atoms with Crippen LogP contribution in [0.5, 0.6) is 11.5 Å². The summed E-state index contributed by atoms with van der Waals surface area (Å²) in [6.07, 6.45) is 0.844. The molecule has 7 heteroatoms. The first-order valence-corrected chi connectivity index (χ1v) is 10.0. The van der Waals surface area contributed by atoms with Crippen LogP contribution in [0.15, 0.2) is 53.0 Å². The maximum atomic E-state index is 12.3. The molecule has 0 radical (unpaired) electrons. The number of thiazole rings is 1. The predicted molar refractivity (Wildman–Crippen MR) is 112 cm³/mol. The number of carbonyl (C=O) groups excluding carboxylic acids is 1. The van der Waals surface area contributed by atoms with Crippen LogP contribution in [0, 0.1) is 0 Å². The number of anilines is 1. The lowest BCUT2D eigenvalue weighted by atomic mass is 10.1. The second-order valence-corrected chi connectivity index (χ2v) is 7.64. The fraction of sp³-hybridized carbons (Fsp3) is 0.200. The molecule has 5 nitrogen and oxygen atoms in total. The highest BCUT2D eigenvalue weighted by atomic mass is 79.9. The monoisotopic (exact) mass is 446 g/mol. The van der Waals surface area contributed by atoms with E-state index in [1.807, 2.05) is 36.4 Å². The Kier molecular flexibility index (Phi) is 6.47. The molecule has 27 heavy (non-hydrogen) atoms. The molecule has 0 unspecified atom stereocenters. The maximum absolute atomic E-state index is 12.3.